The second-order valence-corrected chi connectivity index (χ2v) is 7.15. The van der Waals surface area contributed by atoms with Gasteiger partial charge in [0.15, 0.2) is 0 Å². The Morgan fingerprint density at radius 3 is 2.17 bits per heavy atom. The molecule has 0 bridgehead atoms. The van der Waals surface area contributed by atoms with E-state index in [1.54, 1.807) is 6.07 Å². The summed E-state index contributed by atoms with van der Waals surface area (Å²) in [6.45, 7) is 1.58. The number of anilines is 1. The van der Waals surface area contributed by atoms with E-state index in [4.69, 9.17) is 5.14 Å². The molecule has 0 saturated heterocycles. The first kappa shape index (κ1) is 15.5. The maximum atomic E-state index is 11.4. The fourth-order valence-corrected chi connectivity index (χ4v) is 3.51. The molecule has 6 heteroatoms. The lowest BCUT2D eigenvalue weighted by Crippen LogP contribution is -2.27. The van der Waals surface area contributed by atoms with Crippen LogP contribution < -0.4 is 10.0 Å². The summed E-state index contributed by atoms with van der Waals surface area (Å²) >= 11 is 0. The van der Waals surface area contributed by atoms with E-state index in [2.05, 4.69) is 23.1 Å². The minimum atomic E-state index is -3.80. The zero-order valence-corrected chi connectivity index (χ0v) is 13.4. The van der Waals surface area contributed by atoms with Crippen LogP contribution in [0.1, 0.15) is 16.7 Å². The highest BCUT2D eigenvalue weighted by Crippen LogP contribution is 2.26. The van der Waals surface area contributed by atoms with E-state index in [0.29, 0.717) is 5.56 Å². The molecule has 0 amide bonds. The zero-order valence-electron chi connectivity index (χ0n) is 12.6. The molecule has 0 aromatic heterocycles. The normalized spacial score (nSPS) is 14.7. The third kappa shape index (κ3) is 3.21. The van der Waals surface area contributed by atoms with E-state index in [1.807, 2.05) is 12.1 Å². The van der Waals surface area contributed by atoms with Crippen molar-refractivity contribution in [2.45, 2.75) is 17.7 Å². The molecule has 0 atom stereocenters. The SMILES string of the molecule is N#Cc1cc(S(N)(=O)=O)ccc1N1CCc2ccccc2CC1. The van der Waals surface area contributed by atoms with Crippen LogP contribution in [-0.4, -0.2) is 21.5 Å². The van der Waals surface area contributed by atoms with Crippen molar-refractivity contribution in [3.8, 4) is 6.07 Å². The number of benzene rings is 2. The van der Waals surface area contributed by atoms with E-state index in [-0.39, 0.29) is 4.90 Å². The molecule has 0 radical (unpaired) electrons. The monoisotopic (exact) mass is 327 g/mol. The smallest absolute Gasteiger partial charge is 0.238 e. The Kier molecular flexibility index (Phi) is 4.07. The van der Waals surface area contributed by atoms with Crippen molar-refractivity contribution in [1.29, 1.82) is 5.26 Å². The average molecular weight is 327 g/mol. The molecule has 1 heterocycles. The molecule has 0 saturated carbocycles. The Hall–Kier alpha value is -2.36. The minimum absolute atomic E-state index is 0.0316. The van der Waals surface area contributed by atoms with Crippen LogP contribution in [0.4, 0.5) is 5.69 Å². The largest absolute Gasteiger partial charge is 0.370 e. The molecule has 118 valence electrons. The van der Waals surface area contributed by atoms with Crippen molar-refractivity contribution in [3.05, 3.63) is 59.2 Å². The Labute approximate surface area is 136 Å². The van der Waals surface area contributed by atoms with Crippen molar-refractivity contribution in [2.24, 2.45) is 5.14 Å². The maximum Gasteiger partial charge on any atom is 0.238 e. The van der Waals surface area contributed by atoms with Gasteiger partial charge in [-0.05, 0) is 42.2 Å². The summed E-state index contributed by atoms with van der Waals surface area (Å²) in [7, 11) is -3.80. The molecular formula is C17H17N3O2S. The zero-order chi connectivity index (χ0) is 16.4. The summed E-state index contributed by atoms with van der Waals surface area (Å²) in [6, 6.07) is 14.9. The number of nitrogens with zero attached hydrogens (tertiary/aromatic N) is 2. The van der Waals surface area contributed by atoms with Crippen LogP contribution in [-0.2, 0) is 22.9 Å². The number of hydrogen-bond acceptors (Lipinski definition) is 4. The molecule has 0 fully saturated rings. The lowest BCUT2D eigenvalue weighted by molar-refractivity contribution is 0.597. The molecule has 0 aliphatic carbocycles. The van der Waals surface area contributed by atoms with Crippen molar-refractivity contribution in [2.75, 3.05) is 18.0 Å². The first-order valence-corrected chi connectivity index (χ1v) is 8.92. The predicted octanol–water partition coefficient (Wildman–Crippen LogP) is 1.81. The minimum Gasteiger partial charge on any atom is -0.370 e. The third-order valence-corrected chi connectivity index (χ3v) is 5.09. The van der Waals surface area contributed by atoms with Gasteiger partial charge >= 0.3 is 0 Å². The van der Waals surface area contributed by atoms with E-state index in [1.165, 1.54) is 23.3 Å². The first-order valence-electron chi connectivity index (χ1n) is 7.38. The number of primary sulfonamides is 1. The molecule has 1 aliphatic heterocycles. The molecule has 1 aliphatic rings. The summed E-state index contributed by atoms with van der Waals surface area (Å²) in [4.78, 5) is 2.10. The number of rotatable bonds is 2. The van der Waals surface area contributed by atoms with Crippen LogP contribution in [0.25, 0.3) is 0 Å². The summed E-state index contributed by atoms with van der Waals surface area (Å²) in [5.41, 5.74) is 3.75. The molecule has 0 unspecified atom stereocenters. The maximum absolute atomic E-state index is 11.4. The Morgan fingerprint density at radius 1 is 1.04 bits per heavy atom. The molecule has 2 aromatic carbocycles. The van der Waals surface area contributed by atoms with E-state index in [0.717, 1.165) is 31.6 Å². The summed E-state index contributed by atoms with van der Waals surface area (Å²) in [6.07, 6.45) is 1.80. The molecule has 5 nitrogen and oxygen atoms in total. The van der Waals surface area contributed by atoms with E-state index in [9.17, 15) is 13.7 Å². The highest BCUT2D eigenvalue weighted by molar-refractivity contribution is 7.89. The van der Waals surface area contributed by atoms with Crippen LogP contribution in [0.3, 0.4) is 0 Å². The van der Waals surface area contributed by atoms with Gasteiger partial charge in [-0.2, -0.15) is 5.26 Å². The highest BCUT2D eigenvalue weighted by Gasteiger charge is 2.18. The van der Waals surface area contributed by atoms with Gasteiger partial charge in [-0.1, -0.05) is 24.3 Å². The van der Waals surface area contributed by atoms with Gasteiger partial charge in [0.05, 0.1) is 16.1 Å². The fraction of sp³-hybridized carbons (Fsp3) is 0.235. The lowest BCUT2D eigenvalue weighted by Gasteiger charge is -2.24. The van der Waals surface area contributed by atoms with Crippen LogP contribution in [0, 0.1) is 11.3 Å². The van der Waals surface area contributed by atoms with Crippen molar-refractivity contribution < 1.29 is 8.42 Å². The van der Waals surface area contributed by atoms with Gasteiger partial charge in [0.1, 0.15) is 6.07 Å². The fourth-order valence-electron chi connectivity index (χ4n) is 2.97. The second kappa shape index (κ2) is 6.03. The number of sulfonamides is 1. The highest BCUT2D eigenvalue weighted by atomic mass is 32.2. The molecule has 3 rings (SSSR count). The van der Waals surface area contributed by atoms with Crippen LogP contribution in [0.2, 0.25) is 0 Å². The molecule has 23 heavy (non-hydrogen) atoms. The van der Waals surface area contributed by atoms with Gasteiger partial charge in [-0.15, -0.1) is 0 Å². The number of hydrogen-bond donors (Lipinski definition) is 1. The van der Waals surface area contributed by atoms with Gasteiger partial charge in [0.25, 0.3) is 0 Å². The summed E-state index contributed by atoms with van der Waals surface area (Å²) in [5.74, 6) is 0. The van der Waals surface area contributed by atoms with Gasteiger partial charge in [-0.25, -0.2) is 13.6 Å². The quantitative estimate of drug-likeness (QED) is 0.911. The summed E-state index contributed by atoms with van der Waals surface area (Å²) in [5, 5.41) is 14.5. The number of fused-ring (bicyclic) bond motifs is 1. The average Bonchev–Trinajstić information content (AvgIpc) is 2.76. The van der Waals surface area contributed by atoms with Gasteiger partial charge in [-0.3, -0.25) is 0 Å². The second-order valence-electron chi connectivity index (χ2n) is 5.59. The van der Waals surface area contributed by atoms with Crippen LogP contribution >= 0.6 is 0 Å². The van der Waals surface area contributed by atoms with Crippen molar-refractivity contribution in [3.63, 3.8) is 0 Å². The molecule has 2 N–H and O–H groups in total. The number of nitriles is 1. The van der Waals surface area contributed by atoms with Gasteiger partial charge in [0, 0.05) is 13.1 Å². The lowest BCUT2D eigenvalue weighted by atomic mass is 10.0. The van der Waals surface area contributed by atoms with Crippen LogP contribution in [0.5, 0.6) is 0 Å². The molecular weight excluding hydrogens is 310 g/mol. The predicted molar refractivity (Wildman–Crippen MR) is 88.6 cm³/mol. The van der Waals surface area contributed by atoms with Crippen molar-refractivity contribution >= 4 is 15.7 Å². The Bertz CT molecular complexity index is 858. The molecule has 0 spiro atoms. The van der Waals surface area contributed by atoms with Gasteiger partial charge in [0.2, 0.25) is 10.0 Å². The molecule has 2 aromatic rings. The standard InChI is InChI=1S/C17H17N3O2S/c18-12-15-11-16(23(19,21)22)5-6-17(15)20-9-7-13-3-1-2-4-14(13)8-10-20/h1-6,11H,7-10H2,(H2,19,21,22). The van der Waals surface area contributed by atoms with Crippen molar-refractivity contribution in [1.82, 2.24) is 0 Å². The topological polar surface area (TPSA) is 87.2 Å². The third-order valence-electron chi connectivity index (χ3n) is 4.18. The number of nitrogens with two attached hydrogens (primary N) is 1. The van der Waals surface area contributed by atoms with E-state index < -0.39 is 10.0 Å². The first-order chi connectivity index (χ1) is 11.0. The van der Waals surface area contributed by atoms with Crippen LogP contribution in [0.15, 0.2) is 47.4 Å². The van der Waals surface area contributed by atoms with E-state index >= 15 is 0 Å². The summed E-state index contributed by atoms with van der Waals surface area (Å²) < 4.78 is 22.9. The Balaban J connectivity index is 1.93. The van der Waals surface area contributed by atoms with Gasteiger partial charge < -0.3 is 4.90 Å². The Morgan fingerprint density at radius 2 is 1.65 bits per heavy atom.